The molecule has 1 aromatic carbocycles. The molecule has 0 bridgehead atoms. The molecule has 3 heteroatoms. The van der Waals surface area contributed by atoms with Crippen molar-refractivity contribution in [2.75, 3.05) is 18.0 Å². The Hall–Kier alpha value is -0.400. The lowest BCUT2D eigenvalue weighted by Gasteiger charge is -2.26. The molecule has 1 nitrogen and oxygen atoms in total. The number of halogens is 2. The monoisotopic (exact) mass is 273 g/mol. The van der Waals surface area contributed by atoms with Crippen molar-refractivity contribution in [3.63, 3.8) is 0 Å². The molecule has 1 rings (SSSR count). The van der Waals surface area contributed by atoms with E-state index < -0.39 is 0 Å². The highest BCUT2D eigenvalue weighted by atomic mass is 35.5. The molecule has 0 saturated heterocycles. The van der Waals surface area contributed by atoms with Crippen LogP contribution in [0.2, 0.25) is 5.02 Å². The number of alkyl halides is 1. The molecule has 0 radical (unpaired) electrons. The van der Waals surface area contributed by atoms with E-state index in [0.717, 1.165) is 23.7 Å². The van der Waals surface area contributed by atoms with Crippen LogP contribution in [0, 0.1) is 5.92 Å². The quantitative estimate of drug-likeness (QED) is 0.663. The van der Waals surface area contributed by atoms with Crippen LogP contribution in [-0.2, 0) is 5.88 Å². The second-order valence-electron chi connectivity index (χ2n) is 4.46. The number of nitrogens with zero attached hydrogens (tertiary/aromatic N) is 1. The van der Waals surface area contributed by atoms with Crippen LogP contribution >= 0.6 is 23.2 Å². The van der Waals surface area contributed by atoms with Gasteiger partial charge in [-0.1, -0.05) is 37.9 Å². The van der Waals surface area contributed by atoms with Crippen molar-refractivity contribution >= 4 is 28.9 Å². The first-order chi connectivity index (χ1) is 8.12. The van der Waals surface area contributed by atoms with Gasteiger partial charge in [0.2, 0.25) is 0 Å². The average molecular weight is 274 g/mol. The van der Waals surface area contributed by atoms with Crippen molar-refractivity contribution < 1.29 is 0 Å². The van der Waals surface area contributed by atoms with Gasteiger partial charge in [0.05, 0.1) is 0 Å². The molecule has 1 unspecified atom stereocenters. The largest absolute Gasteiger partial charge is 0.372 e. The summed E-state index contributed by atoms with van der Waals surface area (Å²) in [7, 11) is 0. The summed E-state index contributed by atoms with van der Waals surface area (Å²) in [5.41, 5.74) is 2.18. The Morgan fingerprint density at radius 3 is 2.47 bits per heavy atom. The van der Waals surface area contributed by atoms with E-state index in [1.807, 2.05) is 12.1 Å². The highest BCUT2D eigenvalue weighted by Gasteiger charge is 2.10. The van der Waals surface area contributed by atoms with Crippen LogP contribution in [0.3, 0.4) is 0 Å². The average Bonchev–Trinajstić information content (AvgIpc) is 2.35. The summed E-state index contributed by atoms with van der Waals surface area (Å²) >= 11 is 12.0. The van der Waals surface area contributed by atoms with Gasteiger partial charge in [0.1, 0.15) is 0 Å². The molecule has 1 aromatic rings. The van der Waals surface area contributed by atoms with Crippen LogP contribution in [0.5, 0.6) is 0 Å². The molecule has 96 valence electrons. The van der Waals surface area contributed by atoms with E-state index in [0.29, 0.717) is 11.8 Å². The first-order valence-corrected chi connectivity index (χ1v) is 7.12. The zero-order valence-corrected chi connectivity index (χ0v) is 12.4. The van der Waals surface area contributed by atoms with E-state index in [2.05, 4.69) is 31.7 Å². The molecule has 0 fully saturated rings. The molecule has 0 aliphatic carbocycles. The second kappa shape index (κ2) is 7.13. The topological polar surface area (TPSA) is 3.24 Å². The van der Waals surface area contributed by atoms with Gasteiger partial charge < -0.3 is 4.90 Å². The van der Waals surface area contributed by atoms with Crippen molar-refractivity contribution in [2.45, 2.75) is 33.1 Å². The normalized spacial score (nSPS) is 12.5. The lowest BCUT2D eigenvalue weighted by atomic mass is 10.1. The molecule has 0 aromatic heterocycles. The summed E-state index contributed by atoms with van der Waals surface area (Å²) in [6, 6.07) is 6.14. The molecule has 0 saturated carbocycles. The number of rotatable bonds is 6. The van der Waals surface area contributed by atoms with Gasteiger partial charge in [0, 0.05) is 29.7 Å². The van der Waals surface area contributed by atoms with Crippen LogP contribution in [-0.4, -0.2) is 13.1 Å². The maximum absolute atomic E-state index is 6.19. The Labute approximate surface area is 115 Å². The Balaban J connectivity index is 2.85. The molecule has 0 heterocycles. The molecule has 0 aliphatic rings. The zero-order chi connectivity index (χ0) is 12.8. The van der Waals surface area contributed by atoms with E-state index >= 15 is 0 Å². The van der Waals surface area contributed by atoms with E-state index in [4.69, 9.17) is 23.2 Å². The molecular formula is C14H21Cl2N. The molecule has 0 amide bonds. The predicted octanol–water partition coefficient (Wildman–Crippen LogP) is 4.95. The van der Waals surface area contributed by atoms with Gasteiger partial charge in [-0.3, -0.25) is 0 Å². The summed E-state index contributed by atoms with van der Waals surface area (Å²) in [4.78, 5) is 2.36. The third-order valence-corrected chi connectivity index (χ3v) is 3.80. The third-order valence-electron chi connectivity index (χ3n) is 3.16. The van der Waals surface area contributed by atoms with Gasteiger partial charge in [-0.2, -0.15) is 0 Å². The zero-order valence-electron chi connectivity index (χ0n) is 10.8. The number of hydrogen-bond acceptors (Lipinski definition) is 1. The predicted molar refractivity (Wildman–Crippen MR) is 78.4 cm³/mol. The van der Waals surface area contributed by atoms with Crippen molar-refractivity contribution in [1.29, 1.82) is 0 Å². The van der Waals surface area contributed by atoms with Crippen molar-refractivity contribution in [1.82, 2.24) is 0 Å². The molecule has 0 spiro atoms. The highest BCUT2D eigenvalue weighted by molar-refractivity contribution is 6.32. The summed E-state index contributed by atoms with van der Waals surface area (Å²) in [6.07, 6.45) is 1.20. The lowest BCUT2D eigenvalue weighted by molar-refractivity contribution is 0.548. The molecule has 0 aliphatic heterocycles. The van der Waals surface area contributed by atoms with Crippen molar-refractivity contribution in [3.05, 3.63) is 28.8 Å². The van der Waals surface area contributed by atoms with Crippen LogP contribution in [0.1, 0.15) is 32.8 Å². The first kappa shape index (κ1) is 14.7. The van der Waals surface area contributed by atoms with Gasteiger partial charge in [0.15, 0.2) is 0 Å². The minimum absolute atomic E-state index is 0.469. The fourth-order valence-corrected chi connectivity index (χ4v) is 2.31. The van der Waals surface area contributed by atoms with E-state index in [-0.39, 0.29) is 0 Å². The Morgan fingerprint density at radius 1 is 1.29 bits per heavy atom. The molecule has 1 atom stereocenters. The lowest BCUT2D eigenvalue weighted by Crippen LogP contribution is -2.28. The molecular weight excluding hydrogens is 253 g/mol. The summed E-state index contributed by atoms with van der Waals surface area (Å²) in [5, 5.41) is 0.764. The second-order valence-corrected chi connectivity index (χ2v) is 5.14. The van der Waals surface area contributed by atoms with Crippen LogP contribution in [0.15, 0.2) is 18.2 Å². The summed E-state index contributed by atoms with van der Waals surface area (Å²) < 4.78 is 0. The minimum Gasteiger partial charge on any atom is -0.372 e. The fraction of sp³-hybridized carbons (Fsp3) is 0.571. The maximum Gasteiger partial charge on any atom is 0.0488 e. The van der Waals surface area contributed by atoms with Gasteiger partial charge in [-0.15, -0.1) is 11.6 Å². The molecule has 17 heavy (non-hydrogen) atoms. The Kier molecular flexibility index (Phi) is 6.15. The van der Waals surface area contributed by atoms with Crippen LogP contribution < -0.4 is 4.90 Å². The highest BCUT2D eigenvalue weighted by Crippen LogP contribution is 2.25. The smallest absolute Gasteiger partial charge is 0.0488 e. The van der Waals surface area contributed by atoms with E-state index in [9.17, 15) is 0 Å². The van der Waals surface area contributed by atoms with E-state index in [1.165, 1.54) is 12.1 Å². The van der Waals surface area contributed by atoms with Crippen molar-refractivity contribution in [2.24, 2.45) is 5.92 Å². The van der Waals surface area contributed by atoms with Crippen LogP contribution in [0.4, 0.5) is 5.69 Å². The van der Waals surface area contributed by atoms with E-state index in [1.54, 1.807) is 0 Å². The Bertz CT molecular complexity index is 352. The SMILES string of the molecule is CCC(C)CN(CC)c1ccc(CCl)c(Cl)c1. The fourth-order valence-electron chi connectivity index (χ4n) is 1.76. The van der Waals surface area contributed by atoms with Crippen LogP contribution in [0.25, 0.3) is 0 Å². The number of anilines is 1. The standard InChI is InChI=1S/C14H21Cl2N/c1-4-11(3)10-17(5-2)13-7-6-12(9-15)14(16)8-13/h6-8,11H,4-5,9-10H2,1-3H3. The van der Waals surface area contributed by atoms with Gasteiger partial charge in [-0.05, 0) is 30.5 Å². The number of benzene rings is 1. The Morgan fingerprint density at radius 2 is 2.00 bits per heavy atom. The van der Waals surface area contributed by atoms with Gasteiger partial charge in [-0.25, -0.2) is 0 Å². The van der Waals surface area contributed by atoms with Gasteiger partial charge in [0.25, 0.3) is 0 Å². The third kappa shape index (κ3) is 4.08. The molecule has 0 N–H and O–H groups in total. The maximum atomic E-state index is 6.19. The summed E-state index contributed by atoms with van der Waals surface area (Å²) in [5.74, 6) is 1.16. The number of hydrogen-bond donors (Lipinski definition) is 0. The summed E-state index contributed by atoms with van der Waals surface area (Å²) in [6.45, 7) is 8.75. The van der Waals surface area contributed by atoms with Crippen molar-refractivity contribution in [3.8, 4) is 0 Å². The van der Waals surface area contributed by atoms with Gasteiger partial charge >= 0.3 is 0 Å². The minimum atomic E-state index is 0.469. The first-order valence-electron chi connectivity index (χ1n) is 6.21.